The number of aliphatic hydroxyl groups is 2. The average Bonchev–Trinajstić information content (AvgIpc) is 2.27. The summed E-state index contributed by atoms with van der Waals surface area (Å²) < 4.78 is 9.98. The molecular weight excluding hydrogens is 196 g/mol. The van der Waals surface area contributed by atoms with Crippen LogP contribution in [0.3, 0.4) is 0 Å². The molecule has 2 unspecified atom stereocenters. The van der Waals surface area contributed by atoms with Crippen molar-refractivity contribution in [2.24, 2.45) is 0 Å². The summed E-state index contributed by atoms with van der Waals surface area (Å²) >= 11 is 0. The van der Waals surface area contributed by atoms with Gasteiger partial charge in [-0.05, 0) is 12.1 Å². The molecule has 0 fully saturated rings. The molecule has 0 bridgehead atoms. The summed E-state index contributed by atoms with van der Waals surface area (Å²) in [7, 11) is 1.47. The Bertz CT molecular complexity index is 263. The number of methoxy groups -OCH3 is 1. The van der Waals surface area contributed by atoms with Crippen molar-refractivity contribution in [2.75, 3.05) is 20.3 Å². The van der Waals surface area contributed by atoms with Crippen molar-refractivity contribution in [3.05, 3.63) is 30.3 Å². The molecule has 15 heavy (non-hydrogen) atoms. The van der Waals surface area contributed by atoms with E-state index >= 15 is 0 Å². The number of ether oxygens (including phenoxy) is 2. The van der Waals surface area contributed by atoms with Crippen LogP contribution in [0.5, 0.6) is 5.75 Å². The minimum absolute atomic E-state index is 0.0501. The van der Waals surface area contributed by atoms with Gasteiger partial charge in [0.05, 0.1) is 6.61 Å². The van der Waals surface area contributed by atoms with Crippen LogP contribution >= 0.6 is 0 Å². The van der Waals surface area contributed by atoms with Gasteiger partial charge >= 0.3 is 0 Å². The van der Waals surface area contributed by atoms with Crippen LogP contribution in [-0.4, -0.2) is 42.7 Å². The molecule has 4 heteroatoms. The third-order valence-corrected chi connectivity index (χ3v) is 1.95. The van der Waals surface area contributed by atoms with Gasteiger partial charge in [0.2, 0.25) is 0 Å². The average molecular weight is 212 g/mol. The van der Waals surface area contributed by atoms with Crippen molar-refractivity contribution < 1.29 is 19.7 Å². The Balaban J connectivity index is 2.31. The van der Waals surface area contributed by atoms with Crippen molar-refractivity contribution in [1.82, 2.24) is 0 Å². The molecule has 0 radical (unpaired) electrons. The quantitative estimate of drug-likeness (QED) is 0.718. The van der Waals surface area contributed by atoms with Crippen LogP contribution in [0.4, 0.5) is 0 Å². The highest BCUT2D eigenvalue weighted by molar-refractivity contribution is 5.20. The highest BCUT2D eigenvalue weighted by Gasteiger charge is 2.16. The number of aliphatic hydroxyl groups excluding tert-OH is 2. The van der Waals surface area contributed by atoms with Crippen molar-refractivity contribution in [3.8, 4) is 5.75 Å². The van der Waals surface area contributed by atoms with E-state index in [1.807, 2.05) is 18.2 Å². The van der Waals surface area contributed by atoms with Crippen LogP contribution in [0.2, 0.25) is 0 Å². The Morgan fingerprint density at radius 3 is 2.27 bits per heavy atom. The second-order valence-corrected chi connectivity index (χ2v) is 3.21. The van der Waals surface area contributed by atoms with Gasteiger partial charge in [-0.3, -0.25) is 0 Å². The number of hydrogen-bond acceptors (Lipinski definition) is 4. The van der Waals surface area contributed by atoms with Gasteiger partial charge in [-0.15, -0.1) is 0 Å². The third-order valence-electron chi connectivity index (χ3n) is 1.95. The first-order valence-electron chi connectivity index (χ1n) is 4.77. The second-order valence-electron chi connectivity index (χ2n) is 3.21. The molecule has 0 aliphatic carbocycles. The Morgan fingerprint density at radius 2 is 1.67 bits per heavy atom. The molecule has 1 aromatic rings. The maximum Gasteiger partial charge on any atom is 0.119 e. The minimum atomic E-state index is -0.940. The Kier molecular flexibility index (Phi) is 5.10. The molecule has 0 saturated carbocycles. The molecule has 1 aromatic carbocycles. The van der Waals surface area contributed by atoms with Crippen molar-refractivity contribution in [1.29, 1.82) is 0 Å². The second kappa shape index (κ2) is 6.40. The summed E-state index contributed by atoms with van der Waals surface area (Å²) in [5, 5.41) is 18.8. The van der Waals surface area contributed by atoms with Crippen LogP contribution in [0.1, 0.15) is 0 Å². The van der Waals surface area contributed by atoms with E-state index in [1.54, 1.807) is 12.1 Å². The number of rotatable bonds is 6. The summed E-state index contributed by atoms with van der Waals surface area (Å²) in [6.45, 7) is 0.147. The fraction of sp³-hybridized carbons (Fsp3) is 0.455. The van der Waals surface area contributed by atoms with E-state index in [-0.39, 0.29) is 13.2 Å². The summed E-state index contributed by atoms with van der Waals surface area (Å²) in [6, 6.07) is 9.13. The molecule has 0 aromatic heterocycles. The Hall–Kier alpha value is -1.10. The maximum atomic E-state index is 9.46. The van der Waals surface area contributed by atoms with E-state index in [0.717, 1.165) is 0 Å². The van der Waals surface area contributed by atoms with E-state index in [1.165, 1.54) is 7.11 Å². The molecule has 0 amide bonds. The zero-order valence-corrected chi connectivity index (χ0v) is 8.67. The molecule has 0 saturated heterocycles. The molecule has 1 rings (SSSR count). The van der Waals surface area contributed by atoms with Gasteiger partial charge in [0.25, 0.3) is 0 Å². The maximum absolute atomic E-state index is 9.46. The minimum Gasteiger partial charge on any atom is -0.491 e. The summed E-state index contributed by atoms with van der Waals surface area (Å²) in [5.74, 6) is 0.668. The zero-order chi connectivity index (χ0) is 11.1. The molecule has 2 atom stereocenters. The summed E-state index contributed by atoms with van der Waals surface area (Å²) in [5.41, 5.74) is 0. The van der Waals surface area contributed by atoms with Crippen molar-refractivity contribution >= 4 is 0 Å². The van der Waals surface area contributed by atoms with Gasteiger partial charge in [0, 0.05) is 7.11 Å². The van der Waals surface area contributed by atoms with Crippen molar-refractivity contribution in [3.63, 3.8) is 0 Å². The highest BCUT2D eigenvalue weighted by atomic mass is 16.5. The lowest BCUT2D eigenvalue weighted by Crippen LogP contribution is -2.34. The first-order chi connectivity index (χ1) is 7.24. The smallest absolute Gasteiger partial charge is 0.119 e. The monoisotopic (exact) mass is 212 g/mol. The van der Waals surface area contributed by atoms with E-state index < -0.39 is 12.2 Å². The van der Waals surface area contributed by atoms with Gasteiger partial charge in [-0.2, -0.15) is 0 Å². The lowest BCUT2D eigenvalue weighted by Gasteiger charge is -2.17. The van der Waals surface area contributed by atoms with Crippen LogP contribution in [0.15, 0.2) is 30.3 Å². The fourth-order valence-electron chi connectivity index (χ4n) is 1.09. The molecule has 84 valence electrons. The topological polar surface area (TPSA) is 58.9 Å². The lowest BCUT2D eigenvalue weighted by atomic mass is 10.2. The number of benzene rings is 1. The van der Waals surface area contributed by atoms with Gasteiger partial charge in [-0.1, -0.05) is 18.2 Å². The number of para-hydroxylation sites is 1. The van der Waals surface area contributed by atoms with Crippen LogP contribution in [0, 0.1) is 0 Å². The van der Waals surface area contributed by atoms with E-state index in [2.05, 4.69) is 0 Å². The van der Waals surface area contributed by atoms with Crippen LogP contribution in [-0.2, 0) is 4.74 Å². The highest BCUT2D eigenvalue weighted by Crippen LogP contribution is 2.09. The first kappa shape index (κ1) is 12.0. The molecule has 0 heterocycles. The van der Waals surface area contributed by atoms with Gasteiger partial charge in [0.1, 0.15) is 24.6 Å². The Labute approximate surface area is 89.1 Å². The molecule has 0 aliphatic rings. The largest absolute Gasteiger partial charge is 0.491 e. The normalized spacial score (nSPS) is 14.6. The van der Waals surface area contributed by atoms with E-state index in [0.29, 0.717) is 5.75 Å². The molecule has 0 aliphatic heterocycles. The SMILES string of the molecule is COCC(O)C(O)COc1ccccc1. The summed E-state index contributed by atoms with van der Waals surface area (Å²) in [6.07, 6.45) is -1.86. The summed E-state index contributed by atoms with van der Waals surface area (Å²) in [4.78, 5) is 0. The van der Waals surface area contributed by atoms with Gasteiger partial charge in [-0.25, -0.2) is 0 Å². The van der Waals surface area contributed by atoms with Gasteiger partial charge < -0.3 is 19.7 Å². The fourth-order valence-corrected chi connectivity index (χ4v) is 1.09. The molecule has 0 spiro atoms. The third kappa shape index (κ3) is 4.29. The lowest BCUT2D eigenvalue weighted by molar-refractivity contribution is -0.0433. The van der Waals surface area contributed by atoms with Gasteiger partial charge in [0.15, 0.2) is 0 Å². The van der Waals surface area contributed by atoms with E-state index in [4.69, 9.17) is 9.47 Å². The van der Waals surface area contributed by atoms with Crippen LogP contribution in [0.25, 0.3) is 0 Å². The zero-order valence-electron chi connectivity index (χ0n) is 8.67. The standard InChI is InChI=1S/C11H16O4/c1-14-7-10(12)11(13)8-15-9-5-3-2-4-6-9/h2-6,10-13H,7-8H2,1H3. The number of hydrogen-bond donors (Lipinski definition) is 2. The van der Waals surface area contributed by atoms with Crippen molar-refractivity contribution in [2.45, 2.75) is 12.2 Å². The predicted molar refractivity (Wildman–Crippen MR) is 55.8 cm³/mol. The molecular formula is C11H16O4. The Morgan fingerprint density at radius 1 is 1.07 bits per heavy atom. The predicted octanol–water partition coefficient (Wildman–Crippen LogP) is 0.434. The molecule has 2 N–H and O–H groups in total. The van der Waals surface area contributed by atoms with E-state index in [9.17, 15) is 10.2 Å². The molecule has 4 nitrogen and oxygen atoms in total. The van der Waals surface area contributed by atoms with Crippen LogP contribution < -0.4 is 4.74 Å². The first-order valence-corrected chi connectivity index (χ1v) is 4.77.